The van der Waals surface area contributed by atoms with Crippen molar-refractivity contribution in [2.75, 3.05) is 5.32 Å². The van der Waals surface area contributed by atoms with Crippen molar-refractivity contribution in [2.45, 2.75) is 13.8 Å². The van der Waals surface area contributed by atoms with Crippen LogP contribution >= 0.6 is 11.3 Å². The molecule has 5 rings (SSSR count). The van der Waals surface area contributed by atoms with Crippen molar-refractivity contribution in [3.63, 3.8) is 0 Å². The lowest BCUT2D eigenvalue weighted by Gasteiger charge is -2.11. The highest BCUT2D eigenvalue weighted by Gasteiger charge is 2.21. The fourth-order valence-electron chi connectivity index (χ4n) is 3.86. The number of hydrogen-bond donors (Lipinski definition) is 1. The van der Waals surface area contributed by atoms with E-state index in [1.807, 2.05) is 31.4 Å². The van der Waals surface area contributed by atoms with Crippen LogP contribution in [0.1, 0.15) is 21.7 Å². The highest BCUT2D eigenvalue weighted by atomic mass is 32.1. The van der Waals surface area contributed by atoms with Crippen molar-refractivity contribution in [1.82, 2.24) is 24.5 Å². The maximum Gasteiger partial charge on any atom is 0.269 e. The number of rotatable bonds is 5. The van der Waals surface area contributed by atoms with Crippen LogP contribution in [-0.4, -0.2) is 35.4 Å². The summed E-state index contributed by atoms with van der Waals surface area (Å²) in [6, 6.07) is 13.4. The normalized spacial score (nSPS) is 11.1. The number of non-ortho nitro benzene ring substituents is 1. The Hall–Kier alpha value is -4.38. The second-order valence-corrected chi connectivity index (χ2v) is 8.70. The van der Waals surface area contributed by atoms with Gasteiger partial charge in [0.25, 0.3) is 11.6 Å². The van der Waals surface area contributed by atoms with E-state index in [2.05, 4.69) is 15.5 Å². The molecule has 1 amide bonds. The summed E-state index contributed by atoms with van der Waals surface area (Å²) in [4.78, 5) is 29.8. The van der Waals surface area contributed by atoms with Crippen LogP contribution in [0.25, 0.3) is 27.3 Å². The summed E-state index contributed by atoms with van der Waals surface area (Å²) in [5.74, 6) is 0.116. The minimum Gasteiger partial charge on any atom is -0.306 e. The van der Waals surface area contributed by atoms with Crippen molar-refractivity contribution in [3.8, 4) is 16.3 Å². The number of aromatic nitrogens is 5. The fraction of sp³-hybridized carbons (Fsp3) is 0.130. The Bertz CT molecular complexity index is 1550. The standard InChI is InChI=1S/C23H19N7O3S/c1-13-11-20(29(26-13)15-6-8-16(9-7-15)30(32)33)25-23(31)17-12-18(19-5-4-10-34-19)24-22-21(17)14(2)27-28(22)3/h4-12H,1-3H3,(H,25,31). The maximum atomic E-state index is 13.5. The molecule has 170 valence electrons. The average Bonchev–Trinajstić information content (AvgIpc) is 3.53. The number of nitro benzene ring substituents is 1. The Balaban J connectivity index is 1.57. The molecule has 0 unspecified atom stereocenters. The lowest BCUT2D eigenvalue weighted by Crippen LogP contribution is -2.16. The van der Waals surface area contributed by atoms with E-state index in [1.165, 1.54) is 12.1 Å². The Morgan fingerprint density at radius 3 is 2.56 bits per heavy atom. The molecule has 34 heavy (non-hydrogen) atoms. The van der Waals surface area contributed by atoms with Gasteiger partial charge < -0.3 is 5.32 Å². The molecule has 0 aliphatic rings. The molecule has 0 saturated carbocycles. The number of aryl methyl sites for hydroxylation is 3. The van der Waals surface area contributed by atoms with Crippen LogP contribution in [0.3, 0.4) is 0 Å². The third-order valence-corrected chi connectivity index (χ3v) is 6.26. The van der Waals surface area contributed by atoms with Crippen molar-refractivity contribution in [1.29, 1.82) is 0 Å². The van der Waals surface area contributed by atoms with Gasteiger partial charge in [-0.2, -0.15) is 10.2 Å². The zero-order valence-electron chi connectivity index (χ0n) is 18.5. The molecule has 0 radical (unpaired) electrons. The largest absolute Gasteiger partial charge is 0.306 e. The summed E-state index contributed by atoms with van der Waals surface area (Å²) in [7, 11) is 1.80. The Morgan fingerprint density at radius 2 is 1.88 bits per heavy atom. The molecule has 1 aromatic carbocycles. The molecule has 0 fully saturated rings. The fourth-order valence-corrected chi connectivity index (χ4v) is 4.55. The number of carbonyl (C=O) groups excluding carboxylic acids is 1. The van der Waals surface area contributed by atoms with Crippen molar-refractivity contribution >= 4 is 39.8 Å². The summed E-state index contributed by atoms with van der Waals surface area (Å²) in [5, 5.41) is 25.5. The van der Waals surface area contributed by atoms with E-state index in [1.54, 1.807) is 52.0 Å². The summed E-state index contributed by atoms with van der Waals surface area (Å²) >= 11 is 1.54. The molecule has 10 nitrogen and oxygen atoms in total. The van der Waals surface area contributed by atoms with Gasteiger partial charge in [0, 0.05) is 25.2 Å². The molecule has 1 N–H and O–H groups in total. The van der Waals surface area contributed by atoms with Crippen LogP contribution in [-0.2, 0) is 7.05 Å². The minimum absolute atomic E-state index is 0.0226. The SMILES string of the molecule is Cc1cc(NC(=O)c2cc(-c3cccs3)nc3c2c(C)nn3C)n(-c2ccc([N+](=O)[O-])cc2)n1. The van der Waals surface area contributed by atoms with E-state index in [4.69, 9.17) is 4.98 Å². The maximum absolute atomic E-state index is 13.5. The van der Waals surface area contributed by atoms with E-state index >= 15 is 0 Å². The third-order valence-electron chi connectivity index (χ3n) is 5.37. The van der Waals surface area contributed by atoms with Gasteiger partial charge >= 0.3 is 0 Å². The topological polar surface area (TPSA) is 121 Å². The van der Waals surface area contributed by atoms with Gasteiger partial charge in [0.1, 0.15) is 5.82 Å². The molecule has 0 saturated heterocycles. The molecule has 0 bridgehead atoms. The van der Waals surface area contributed by atoms with Gasteiger partial charge in [0.2, 0.25) is 0 Å². The molecule has 0 aliphatic heterocycles. The first-order valence-corrected chi connectivity index (χ1v) is 11.2. The van der Waals surface area contributed by atoms with Gasteiger partial charge in [-0.15, -0.1) is 11.3 Å². The molecule has 11 heteroatoms. The molecule has 0 aliphatic carbocycles. The smallest absolute Gasteiger partial charge is 0.269 e. The van der Waals surface area contributed by atoms with Crippen LogP contribution < -0.4 is 5.32 Å². The Labute approximate surface area is 197 Å². The number of hydrogen-bond acceptors (Lipinski definition) is 7. The number of nitrogens with zero attached hydrogens (tertiary/aromatic N) is 6. The number of benzene rings is 1. The Kier molecular flexibility index (Phi) is 5.17. The first-order valence-electron chi connectivity index (χ1n) is 10.3. The average molecular weight is 474 g/mol. The van der Waals surface area contributed by atoms with Gasteiger partial charge in [-0.1, -0.05) is 6.07 Å². The molecular formula is C23H19N7O3S. The summed E-state index contributed by atoms with van der Waals surface area (Å²) in [6.45, 7) is 3.65. The van der Waals surface area contributed by atoms with Crippen molar-refractivity contribution in [2.24, 2.45) is 7.05 Å². The second-order valence-electron chi connectivity index (χ2n) is 7.75. The van der Waals surface area contributed by atoms with E-state index in [0.29, 0.717) is 45.2 Å². The predicted octanol–water partition coefficient (Wildman–Crippen LogP) is 4.66. The summed E-state index contributed by atoms with van der Waals surface area (Å²) < 4.78 is 3.22. The van der Waals surface area contributed by atoms with Gasteiger partial charge in [-0.25, -0.2) is 9.67 Å². The molecule has 0 spiro atoms. The lowest BCUT2D eigenvalue weighted by atomic mass is 10.1. The van der Waals surface area contributed by atoms with Crippen molar-refractivity contribution in [3.05, 3.63) is 81.0 Å². The number of amides is 1. The Morgan fingerprint density at radius 1 is 1.12 bits per heavy atom. The number of pyridine rings is 1. The molecule has 5 aromatic rings. The quantitative estimate of drug-likeness (QED) is 0.293. The lowest BCUT2D eigenvalue weighted by molar-refractivity contribution is -0.384. The van der Waals surface area contributed by atoms with Crippen LogP contribution in [0, 0.1) is 24.0 Å². The highest BCUT2D eigenvalue weighted by Crippen LogP contribution is 2.30. The van der Waals surface area contributed by atoms with Crippen LogP contribution in [0.4, 0.5) is 11.5 Å². The van der Waals surface area contributed by atoms with Gasteiger partial charge in [0.15, 0.2) is 5.65 Å². The molecular weight excluding hydrogens is 454 g/mol. The van der Waals surface area contributed by atoms with E-state index < -0.39 is 4.92 Å². The van der Waals surface area contributed by atoms with E-state index in [0.717, 1.165) is 4.88 Å². The number of carbonyl (C=O) groups is 1. The van der Waals surface area contributed by atoms with Crippen LogP contribution in [0.15, 0.2) is 53.9 Å². The van der Waals surface area contributed by atoms with Crippen LogP contribution in [0.5, 0.6) is 0 Å². The van der Waals surface area contributed by atoms with Gasteiger partial charge in [-0.3, -0.25) is 19.6 Å². The predicted molar refractivity (Wildman–Crippen MR) is 129 cm³/mol. The molecule has 4 heterocycles. The first kappa shape index (κ1) is 21.5. The summed E-state index contributed by atoms with van der Waals surface area (Å²) in [5.41, 5.74) is 3.71. The highest BCUT2D eigenvalue weighted by molar-refractivity contribution is 7.13. The zero-order chi connectivity index (χ0) is 24.0. The first-order chi connectivity index (χ1) is 16.3. The molecule has 0 atom stereocenters. The van der Waals surface area contributed by atoms with Crippen LogP contribution in [0.2, 0.25) is 0 Å². The second kappa shape index (κ2) is 8.19. The number of anilines is 1. The van der Waals surface area contributed by atoms with Crippen molar-refractivity contribution < 1.29 is 9.72 Å². The van der Waals surface area contributed by atoms with Gasteiger partial charge in [-0.05, 0) is 43.5 Å². The van der Waals surface area contributed by atoms with E-state index in [9.17, 15) is 14.9 Å². The van der Waals surface area contributed by atoms with Gasteiger partial charge in [0.05, 0.1) is 43.5 Å². The number of nitrogens with one attached hydrogen (secondary N) is 1. The minimum atomic E-state index is -0.461. The number of thiophene rings is 1. The third kappa shape index (κ3) is 3.71. The number of nitro groups is 1. The summed E-state index contributed by atoms with van der Waals surface area (Å²) in [6.07, 6.45) is 0. The monoisotopic (exact) mass is 473 g/mol. The number of fused-ring (bicyclic) bond motifs is 1. The molecule has 4 aromatic heterocycles. The zero-order valence-corrected chi connectivity index (χ0v) is 19.3. The van der Waals surface area contributed by atoms with E-state index in [-0.39, 0.29) is 11.6 Å².